The Morgan fingerprint density at radius 2 is 2.10 bits per heavy atom. The van der Waals surface area contributed by atoms with Crippen LogP contribution >= 0.6 is 11.8 Å². The van der Waals surface area contributed by atoms with Crippen LogP contribution in [0.5, 0.6) is 0 Å². The second-order valence-corrected chi connectivity index (χ2v) is 10.0. The Kier molecular flexibility index (Phi) is 7.30. The molecule has 1 aliphatic heterocycles. The molecule has 0 aliphatic carbocycles. The van der Waals surface area contributed by atoms with Gasteiger partial charge in [0.1, 0.15) is 5.60 Å². The summed E-state index contributed by atoms with van der Waals surface area (Å²) >= 11 is 1.63. The minimum Gasteiger partial charge on any atom is -0.444 e. The highest BCUT2D eigenvalue weighted by Gasteiger charge is 2.32. The molecule has 0 radical (unpaired) electrons. The maximum Gasteiger partial charge on any atom is 0.410 e. The van der Waals surface area contributed by atoms with Crippen LogP contribution in [0, 0.1) is 5.92 Å². The van der Waals surface area contributed by atoms with E-state index in [4.69, 9.17) is 4.74 Å². The molecule has 1 fully saturated rings. The first kappa shape index (κ1) is 23.2. The third-order valence-corrected chi connectivity index (χ3v) is 6.39. The predicted octanol–water partition coefficient (Wildman–Crippen LogP) is 4.09. The van der Waals surface area contributed by atoms with Gasteiger partial charge in [-0.05, 0) is 50.8 Å². The summed E-state index contributed by atoms with van der Waals surface area (Å²) in [5.41, 5.74) is 1.15. The Balaban J connectivity index is 1.60. The van der Waals surface area contributed by atoms with Crippen LogP contribution in [-0.4, -0.2) is 51.2 Å². The second-order valence-electron chi connectivity index (χ2n) is 9.08. The first-order valence-corrected chi connectivity index (χ1v) is 11.6. The lowest BCUT2D eigenvalue weighted by Gasteiger charge is -2.38. The highest BCUT2D eigenvalue weighted by atomic mass is 32.2. The van der Waals surface area contributed by atoms with Crippen molar-refractivity contribution in [2.45, 2.75) is 56.7 Å². The van der Waals surface area contributed by atoms with Gasteiger partial charge in [-0.3, -0.25) is 4.79 Å². The molecule has 168 valence electrons. The molecular weight excluding hydrogens is 412 g/mol. The van der Waals surface area contributed by atoms with Gasteiger partial charge in [0.15, 0.2) is 5.16 Å². The number of hydrogen-bond donors (Lipinski definition) is 1. The van der Waals surface area contributed by atoms with Crippen molar-refractivity contribution >= 4 is 23.8 Å². The molecule has 1 aliphatic rings. The number of likely N-dealkylation sites (tertiary alicyclic amines) is 1. The number of ether oxygens (including phenoxy) is 1. The summed E-state index contributed by atoms with van der Waals surface area (Å²) in [6.07, 6.45) is 4.19. The number of benzene rings is 1. The minimum atomic E-state index is -0.535. The zero-order chi connectivity index (χ0) is 22.6. The lowest BCUT2D eigenvalue weighted by molar-refractivity contribution is 0.0146. The Labute approximate surface area is 188 Å². The quantitative estimate of drug-likeness (QED) is 0.703. The number of aryl methyl sites for hydroxylation is 1. The fourth-order valence-electron chi connectivity index (χ4n) is 3.44. The van der Waals surface area contributed by atoms with Crippen LogP contribution in [0.2, 0.25) is 0 Å². The number of imidazole rings is 1. The molecule has 1 aromatic heterocycles. The van der Waals surface area contributed by atoms with Gasteiger partial charge in [0.05, 0.1) is 0 Å². The maximum atomic E-state index is 12.9. The van der Waals surface area contributed by atoms with Crippen molar-refractivity contribution in [1.82, 2.24) is 19.8 Å². The molecule has 1 N–H and O–H groups in total. The number of hydrogen-bond acceptors (Lipinski definition) is 5. The van der Waals surface area contributed by atoms with Crippen molar-refractivity contribution in [3.8, 4) is 0 Å². The fourth-order valence-corrected chi connectivity index (χ4v) is 4.32. The van der Waals surface area contributed by atoms with E-state index in [-0.39, 0.29) is 24.0 Å². The van der Waals surface area contributed by atoms with Crippen LogP contribution < -0.4 is 5.32 Å². The van der Waals surface area contributed by atoms with Gasteiger partial charge in [-0.15, -0.1) is 0 Å². The van der Waals surface area contributed by atoms with Crippen LogP contribution in [0.4, 0.5) is 4.79 Å². The Bertz CT molecular complexity index is 922. The van der Waals surface area contributed by atoms with Crippen molar-refractivity contribution < 1.29 is 14.3 Å². The molecule has 1 saturated heterocycles. The summed E-state index contributed by atoms with van der Waals surface area (Å²) in [6, 6.07) is 7.55. The number of carbonyl (C=O) groups is 2. The summed E-state index contributed by atoms with van der Waals surface area (Å²) in [7, 11) is 1.96. The maximum absolute atomic E-state index is 12.9. The summed E-state index contributed by atoms with van der Waals surface area (Å²) < 4.78 is 7.47. The van der Waals surface area contributed by atoms with E-state index in [1.165, 1.54) is 0 Å². The third-order valence-electron chi connectivity index (χ3n) is 5.26. The van der Waals surface area contributed by atoms with E-state index in [0.29, 0.717) is 18.7 Å². The number of nitrogens with zero attached hydrogens (tertiary/aromatic N) is 3. The number of nitrogens with one attached hydrogen (secondary N) is 1. The summed E-state index contributed by atoms with van der Waals surface area (Å²) in [5.74, 6) is 0.898. The molecule has 31 heavy (non-hydrogen) atoms. The molecule has 2 atom stereocenters. The van der Waals surface area contributed by atoms with Crippen molar-refractivity contribution in [3.63, 3.8) is 0 Å². The topological polar surface area (TPSA) is 76.5 Å². The molecule has 2 unspecified atom stereocenters. The van der Waals surface area contributed by atoms with Gasteiger partial charge in [0, 0.05) is 49.9 Å². The van der Waals surface area contributed by atoms with Gasteiger partial charge in [0.2, 0.25) is 0 Å². The predicted molar refractivity (Wildman–Crippen MR) is 122 cm³/mol. The van der Waals surface area contributed by atoms with E-state index in [9.17, 15) is 9.59 Å². The molecule has 0 saturated carbocycles. The van der Waals surface area contributed by atoms with E-state index in [1.54, 1.807) is 22.9 Å². The largest absolute Gasteiger partial charge is 0.444 e. The molecular formula is C23H32N4O3S. The zero-order valence-corrected chi connectivity index (χ0v) is 19.7. The van der Waals surface area contributed by atoms with Gasteiger partial charge in [-0.1, -0.05) is 30.8 Å². The van der Waals surface area contributed by atoms with Crippen molar-refractivity contribution in [3.05, 3.63) is 47.8 Å². The molecule has 2 heterocycles. The Morgan fingerprint density at radius 3 is 2.77 bits per heavy atom. The van der Waals surface area contributed by atoms with E-state index >= 15 is 0 Å². The Hall–Kier alpha value is -2.48. The summed E-state index contributed by atoms with van der Waals surface area (Å²) in [5, 5.41) is 4.07. The molecule has 1 aromatic carbocycles. The lowest BCUT2D eigenvalue weighted by Crippen LogP contribution is -2.54. The molecule has 8 heteroatoms. The van der Waals surface area contributed by atoms with Crippen molar-refractivity contribution in [1.29, 1.82) is 0 Å². The number of aromatic nitrogens is 2. The average molecular weight is 445 g/mol. The summed E-state index contributed by atoms with van der Waals surface area (Å²) in [4.78, 5) is 31.4. The SMILES string of the molecule is CC1CCN(C(=O)OC(C)(C)C)CC1NC(=O)c1cccc(CSc2nccn2C)c1. The average Bonchev–Trinajstić information content (AvgIpc) is 3.11. The van der Waals surface area contributed by atoms with Gasteiger partial charge in [0.25, 0.3) is 5.91 Å². The van der Waals surface area contributed by atoms with Gasteiger partial charge >= 0.3 is 6.09 Å². The van der Waals surface area contributed by atoms with E-state index in [0.717, 1.165) is 22.9 Å². The first-order valence-electron chi connectivity index (χ1n) is 10.6. The number of rotatable bonds is 5. The lowest BCUT2D eigenvalue weighted by atomic mass is 9.93. The molecule has 0 spiro atoms. The van der Waals surface area contributed by atoms with Gasteiger partial charge < -0.3 is 19.5 Å². The molecule has 3 rings (SSSR count). The second kappa shape index (κ2) is 9.77. The van der Waals surface area contributed by atoms with E-state index < -0.39 is 5.60 Å². The van der Waals surface area contributed by atoms with Crippen molar-refractivity contribution in [2.75, 3.05) is 13.1 Å². The molecule has 2 aromatic rings. The standard InChI is InChI=1S/C23H32N4O3S/c1-16-9-11-27(22(29)30-23(2,3)4)14-19(16)25-20(28)18-8-6-7-17(13-18)15-31-21-24-10-12-26(21)5/h6-8,10,12-13,16,19H,9,11,14-15H2,1-5H3,(H,25,28). The third kappa shape index (κ3) is 6.50. The van der Waals surface area contributed by atoms with E-state index in [2.05, 4.69) is 17.2 Å². The fraction of sp³-hybridized carbons (Fsp3) is 0.522. The first-order chi connectivity index (χ1) is 14.6. The van der Waals surface area contributed by atoms with Gasteiger partial charge in [-0.2, -0.15) is 0 Å². The zero-order valence-electron chi connectivity index (χ0n) is 18.9. The van der Waals surface area contributed by atoms with E-state index in [1.807, 2.05) is 62.8 Å². The van der Waals surface area contributed by atoms with Crippen LogP contribution in [0.25, 0.3) is 0 Å². The smallest absolute Gasteiger partial charge is 0.410 e. The number of piperidine rings is 1. The minimum absolute atomic E-state index is 0.112. The van der Waals surface area contributed by atoms with Crippen LogP contribution in [0.15, 0.2) is 41.8 Å². The van der Waals surface area contributed by atoms with Gasteiger partial charge in [-0.25, -0.2) is 9.78 Å². The normalized spacial score (nSPS) is 19.2. The Morgan fingerprint density at radius 1 is 1.32 bits per heavy atom. The van der Waals surface area contributed by atoms with Crippen LogP contribution in [-0.2, 0) is 17.5 Å². The molecule has 2 amide bonds. The van der Waals surface area contributed by atoms with Crippen LogP contribution in [0.1, 0.15) is 50.0 Å². The summed E-state index contributed by atoms with van der Waals surface area (Å²) in [6.45, 7) is 8.78. The highest BCUT2D eigenvalue weighted by molar-refractivity contribution is 7.98. The molecule has 0 bridgehead atoms. The number of carbonyl (C=O) groups excluding carboxylic acids is 2. The number of thioether (sulfide) groups is 1. The highest BCUT2D eigenvalue weighted by Crippen LogP contribution is 2.22. The van der Waals surface area contributed by atoms with Crippen molar-refractivity contribution in [2.24, 2.45) is 13.0 Å². The van der Waals surface area contributed by atoms with Crippen LogP contribution in [0.3, 0.4) is 0 Å². The number of amides is 2. The monoisotopic (exact) mass is 444 g/mol. The molecule has 7 nitrogen and oxygen atoms in total.